The molecule has 0 aromatic carbocycles. The van der Waals surface area contributed by atoms with Gasteiger partial charge in [-0.2, -0.15) is 13.2 Å². The number of piperidine rings is 1. The molecule has 1 N–H and O–H groups in total. The maximum absolute atomic E-state index is 12.6. The van der Waals surface area contributed by atoms with Crippen molar-refractivity contribution in [2.75, 3.05) is 13.2 Å². The van der Waals surface area contributed by atoms with E-state index in [0.29, 0.717) is 19.0 Å². The Kier molecular flexibility index (Phi) is 7.86. The average Bonchev–Trinajstić information content (AvgIpc) is 3.45. The number of aliphatic carboxylic acids is 1. The van der Waals surface area contributed by atoms with Crippen LogP contribution in [0.4, 0.5) is 13.2 Å². The quantitative estimate of drug-likeness (QED) is 0.687. The van der Waals surface area contributed by atoms with E-state index in [1.807, 2.05) is 46.7 Å². The molecule has 0 aliphatic carbocycles. The molecule has 0 spiro atoms. The van der Waals surface area contributed by atoms with E-state index in [9.17, 15) is 18.0 Å². The Morgan fingerprint density at radius 3 is 2.66 bits per heavy atom. The van der Waals surface area contributed by atoms with Crippen molar-refractivity contribution in [3.8, 4) is 5.88 Å². The minimum absolute atomic E-state index is 0.0465. The van der Waals surface area contributed by atoms with Gasteiger partial charge < -0.3 is 19.5 Å². The van der Waals surface area contributed by atoms with E-state index < -0.39 is 12.1 Å². The van der Waals surface area contributed by atoms with Gasteiger partial charge in [0, 0.05) is 42.8 Å². The van der Waals surface area contributed by atoms with E-state index in [0.717, 1.165) is 17.7 Å². The molecular weight excluding hydrogens is 449 g/mol. The van der Waals surface area contributed by atoms with Gasteiger partial charge in [0.1, 0.15) is 12.2 Å². The second kappa shape index (κ2) is 10.6. The third-order valence-corrected chi connectivity index (χ3v) is 5.73. The van der Waals surface area contributed by atoms with Crippen LogP contribution in [-0.4, -0.2) is 64.4 Å². The Bertz CT molecular complexity index is 921. The molecule has 32 heavy (non-hydrogen) atoms. The lowest BCUT2D eigenvalue weighted by atomic mass is 9.95. The number of nitrogens with zero attached hydrogens (tertiary/aromatic N) is 2. The van der Waals surface area contributed by atoms with Crippen molar-refractivity contribution in [2.45, 2.75) is 37.3 Å². The summed E-state index contributed by atoms with van der Waals surface area (Å²) in [4.78, 5) is 28.8. The van der Waals surface area contributed by atoms with Crippen LogP contribution in [0.25, 0.3) is 6.08 Å². The number of carbonyl (C=O) groups excluding carboxylic acids is 1. The summed E-state index contributed by atoms with van der Waals surface area (Å²) in [6.07, 6.45) is 1.63. The molecule has 2 aromatic heterocycles. The van der Waals surface area contributed by atoms with Gasteiger partial charge in [-0.1, -0.05) is 12.1 Å². The van der Waals surface area contributed by atoms with Gasteiger partial charge in [0.2, 0.25) is 11.8 Å². The number of carbonyl (C=O) groups is 2. The smallest absolute Gasteiger partial charge is 0.475 e. The van der Waals surface area contributed by atoms with E-state index in [2.05, 4.69) is 4.98 Å². The Morgan fingerprint density at radius 1 is 1.25 bits per heavy atom. The summed E-state index contributed by atoms with van der Waals surface area (Å²) in [5.74, 6) is -2.10. The largest absolute Gasteiger partial charge is 0.490 e. The van der Waals surface area contributed by atoms with Crippen LogP contribution in [-0.2, 0) is 14.3 Å². The fourth-order valence-corrected chi connectivity index (χ4v) is 4.11. The van der Waals surface area contributed by atoms with Crippen molar-refractivity contribution in [3.05, 3.63) is 52.9 Å². The Balaban J connectivity index is 0.000000360. The van der Waals surface area contributed by atoms with Gasteiger partial charge in [0.15, 0.2) is 0 Å². The molecule has 4 rings (SSSR count). The van der Waals surface area contributed by atoms with Gasteiger partial charge in [0.25, 0.3) is 0 Å². The number of likely N-dealkylation sites (tertiary alicyclic amines) is 1. The zero-order valence-corrected chi connectivity index (χ0v) is 17.6. The van der Waals surface area contributed by atoms with Crippen LogP contribution in [0, 0.1) is 0 Å². The Hall–Kier alpha value is -2.92. The second-order valence-electron chi connectivity index (χ2n) is 6.99. The van der Waals surface area contributed by atoms with Crippen molar-refractivity contribution in [1.82, 2.24) is 9.88 Å². The van der Waals surface area contributed by atoms with Crippen LogP contribution < -0.4 is 4.74 Å². The summed E-state index contributed by atoms with van der Waals surface area (Å²) in [6.45, 7) is 1.34. The molecule has 2 saturated heterocycles. The first kappa shape index (κ1) is 23.7. The molecule has 2 aliphatic rings. The number of pyridine rings is 1. The first-order chi connectivity index (χ1) is 15.3. The van der Waals surface area contributed by atoms with Gasteiger partial charge in [-0.25, -0.2) is 9.78 Å². The number of alkyl halides is 3. The fraction of sp³-hybridized carbons (Fsp3) is 0.381. The molecule has 2 aromatic rings. The molecule has 2 fully saturated rings. The number of ether oxygens (including phenoxy) is 2. The lowest BCUT2D eigenvalue weighted by molar-refractivity contribution is -0.192. The summed E-state index contributed by atoms with van der Waals surface area (Å²) in [5, 5.41) is 9.13. The molecular formula is C21H21F3N2O5S. The van der Waals surface area contributed by atoms with Crippen molar-refractivity contribution >= 4 is 29.3 Å². The van der Waals surface area contributed by atoms with Gasteiger partial charge in [-0.05, 0) is 30.0 Å². The zero-order chi connectivity index (χ0) is 23.1. The maximum Gasteiger partial charge on any atom is 0.490 e. The van der Waals surface area contributed by atoms with Gasteiger partial charge in [-0.3, -0.25) is 4.79 Å². The van der Waals surface area contributed by atoms with Crippen LogP contribution in [0.1, 0.15) is 17.7 Å². The highest BCUT2D eigenvalue weighted by Gasteiger charge is 2.45. The number of aromatic nitrogens is 1. The van der Waals surface area contributed by atoms with E-state index in [1.165, 1.54) is 0 Å². The molecule has 2 aliphatic heterocycles. The minimum Gasteiger partial charge on any atom is -0.475 e. The summed E-state index contributed by atoms with van der Waals surface area (Å²) >= 11 is 1.62. The third kappa shape index (κ3) is 6.30. The molecule has 11 heteroatoms. The normalized spacial score (nSPS) is 22.7. The van der Waals surface area contributed by atoms with Crippen molar-refractivity contribution in [1.29, 1.82) is 0 Å². The average molecular weight is 470 g/mol. The fourth-order valence-electron chi connectivity index (χ4n) is 3.49. The van der Waals surface area contributed by atoms with Crippen LogP contribution in [0.15, 0.2) is 48.0 Å². The van der Waals surface area contributed by atoms with E-state index in [1.54, 1.807) is 23.6 Å². The highest BCUT2D eigenvalue weighted by molar-refractivity contribution is 7.10. The standard InChI is InChI=1S/C19H20N2O3S.C2HF3O2/c22-18(7-6-14-4-3-13-25-14)21-11-8-16(19-15(21)9-12-23-19)24-17-5-1-2-10-20-17;3-2(4,5)1(6)7/h1-7,10,13,15-16,19H,8-9,11-12H2;(H,6,7)/b7-6+;/t15-,16+,19-;/m0./s1. The SMILES string of the molecule is O=C(/C=C/c1cccs1)N1CC[C@@H](Oc2ccccn2)[C@H]2OCC[C@@H]21.O=C(O)C(F)(F)F. The van der Waals surface area contributed by atoms with E-state index >= 15 is 0 Å². The zero-order valence-electron chi connectivity index (χ0n) is 16.8. The lowest BCUT2D eigenvalue weighted by Crippen LogP contribution is -2.55. The number of fused-ring (bicyclic) bond motifs is 1. The van der Waals surface area contributed by atoms with Crippen LogP contribution in [0.3, 0.4) is 0 Å². The summed E-state index contributed by atoms with van der Waals surface area (Å²) in [7, 11) is 0. The molecule has 0 unspecified atom stereocenters. The van der Waals surface area contributed by atoms with Gasteiger partial charge in [0.05, 0.1) is 6.04 Å². The topological polar surface area (TPSA) is 89.0 Å². The van der Waals surface area contributed by atoms with Crippen molar-refractivity contribution in [2.24, 2.45) is 0 Å². The first-order valence-corrected chi connectivity index (χ1v) is 10.7. The molecule has 7 nitrogen and oxygen atoms in total. The molecule has 4 heterocycles. The van der Waals surface area contributed by atoms with E-state index in [4.69, 9.17) is 19.4 Å². The highest BCUT2D eigenvalue weighted by atomic mass is 32.1. The monoisotopic (exact) mass is 470 g/mol. The number of rotatable bonds is 4. The van der Waals surface area contributed by atoms with Crippen LogP contribution >= 0.6 is 11.3 Å². The molecule has 3 atom stereocenters. The first-order valence-electron chi connectivity index (χ1n) is 9.77. The van der Waals surface area contributed by atoms with Gasteiger partial charge >= 0.3 is 12.1 Å². The molecule has 1 amide bonds. The Morgan fingerprint density at radius 2 is 2.03 bits per heavy atom. The number of hydrogen-bond donors (Lipinski definition) is 1. The van der Waals surface area contributed by atoms with Crippen LogP contribution in [0.2, 0.25) is 0 Å². The summed E-state index contributed by atoms with van der Waals surface area (Å²) in [6, 6.07) is 9.68. The molecule has 172 valence electrons. The second-order valence-corrected chi connectivity index (χ2v) is 7.97. The number of hydrogen-bond acceptors (Lipinski definition) is 6. The predicted molar refractivity (Wildman–Crippen MR) is 110 cm³/mol. The van der Waals surface area contributed by atoms with Gasteiger partial charge in [-0.15, -0.1) is 11.3 Å². The molecule has 0 radical (unpaired) electrons. The predicted octanol–water partition coefficient (Wildman–Crippen LogP) is 3.63. The van der Waals surface area contributed by atoms with E-state index in [-0.39, 0.29) is 24.2 Å². The highest BCUT2D eigenvalue weighted by Crippen LogP contribution is 2.31. The minimum atomic E-state index is -5.08. The summed E-state index contributed by atoms with van der Waals surface area (Å²) < 4.78 is 43.7. The number of amides is 1. The summed E-state index contributed by atoms with van der Waals surface area (Å²) in [5.41, 5.74) is 0. The van der Waals surface area contributed by atoms with Crippen molar-refractivity contribution < 1.29 is 37.3 Å². The van der Waals surface area contributed by atoms with Crippen LogP contribution in [0.5, 0.6) is 5.88 Å². The number of halogens is 3. The Labute approximate surface area is 186 Å². The van der Waals surface area contributed by atoms with Crippen molar-refractivity contribution in [3.63, 3.8) is 0 Å². The lowest BCUT2D eigenvalue weighted by Gasteiger charge is -2.40. The number of thiophene rings is 1. The maximum atomic E-state index is 12.6. The molecule has 0 bridgehead atoms. The third-order valence-electron chi connectivity index (χ3n) is 4.89. The molecule has 0 saturated carbocycles. The number of carboxylic acids is 1. The number of carboxylic acid groups (broad SMARTS) is 1.